The van der Waals surface area contributed by atoms with Crippen molar-refractivity contribution in [1.29, 1.82) is 0 Å². The highest BCUT2D eigenvalue weighted by Gasteiger charge is 2.16. The van der Waals surface area contributed by atoms with Gasteiger partial charge in [-0.1, -0.05) is 31.4 Å². The second-order valence-corrected chi connectivity index (χ2v) is 12.4. The van der Waals surface area contributed by atoms with Gasteiger partial charge in [-0.05, 0) is 29.6 Å². The molecule has 2 aromatic rings. The average Bonchev–Trinajstić information content (AvgIpc) is 2.84. The summed E-state index contributed by atoms with van der Waals surface area (Å²) in [7, 11) is 0.542. The van der Waals surface area contributed by atoms with Crippen molar-refractivity contribution in [3.63, 3.8) is 0 Å². The molecule has 1 aromatic heterocycles. The SMILES string of the molecule is COc1ccc(-c2nnc(SC[Si](C)(C)C)o2)cc1. The molecule has 0 saturated heterocycles. The van der Waals surface area contributed by atoms with E-state index in [2.05, 4.69) is 29.8 Å². The van der Waals surface area contributed by atoms with Crippen LogP contribution in [0.15, 0.2) is 33.9 Å². The minimum absolute atomic E-state index is 0.556. The molecule has 19 heavy (non-hydrogen) atoms. The minimum atomic E-state index is -1.10. The standard InChI is InChI=1S/C13H18N2O2SSi/c1-16-11-7-5-10(6-8-11)12-14-15-13(17-12)18-9-19(2,3)4/h5-8H,9H2,1-4H3. The highest BCUT2D eigenvalue weighted by atomic mass is 32.2. The van der Waals surface area contributed by atoms with Gasteiger partial charge in [-0.2, -0.15) is 0 Å². The van der Waals surface area contributed by atoms with E-state index >= 15 is 0 Å². The summed E-state index contributed by atoms with van der Waals surface area (Å²) in [6, 6.07) is 7.60. The Balaban J connectivity index is 2.07. The van der Waals surface area contributed by atoms with Gasteiger partial charge in [0.05, 0.1) is 15.2 Å². The number of aromatic nitrogens is 2. The number of thioether (sulfide) groups is 1. The van der Waals surface area contributed by atoms with E-state index in [-0.39, 0.29) is 0 Å². The first-order valence-corrected chi connectivity index (χ1v) is 10.8. The summed E-state index contributed by atoms with van der Waals surface area (Å²) < 4.78 is 10.8. The van der Waals surface area contributed by atoms with Crippen LogP contribution >= 0.6 is 11.8 Å². The molecule has 0 unspecified atom stereocenters. The Labute approximate surface area is 118 Å². The van der Waals surface area contributed by atoms with E-state index in [1.54, 1.807) is 18.9 Å². The third-order valence-corrected chi connectivity index (χ3v) is 6.83. The Morgan fingerprint density at radius 1 is 1.16 bits per heavy atom. The van der Waals surface area contributed by atoms with E-state index in [0.717, 1.165) is 16.7 Å². The fraction of sp³-hybridized carbons (Fsp3) is 0.385. The second-order valence-electron chi connectivity index (χ2n) is 5.45. The van der Waals surface area contributed by atoms with Crippen LogP contribution in [0.1, 0.15) is 0 Å². The Morgan fingerprint density at radius 3 is 2.42 bits per heavy atom. The fourth-order valence-electron chi connectivity index (χ4n) is 1.40. The molecular formula is C13H18N2O2SSi. The molecule has 0 amide bonds. The maximum atomic E-state index is 5.66. The lowest BCUT2D eigenvalue weighted by Crippen LogP contribution is -2.23. The van der Waals surface area contributed by atoms with E-state index in [4.69, 9.17) is 9.15 Å². The van der Waals surface area contributed by atoms with Gasteiger partial charge in [-0.3, -0.25) is 0 Å². The summed E-state index contributed by atoms with van der Waals surface area (Å²) in [4.78, 5) is 0. The first-order valence-electron chi connectivity index (χ1n) is 6.09. The Bertz CT molecular complexity index is 534. The van der Waals surface area contributed by atoms with Crippen molar-refractivity contribution in [2.45, 2.75) is 24.9 Å². The zero-order chi connectivity index (χ0) is 13.9. The summed E-state index contributed by atoms with van der Waals surface area (Å²) in [5.41, 5.74) is 0.910. The van der Waals surface area contributed by atoms with E-state index in [1.807, 2.05) is 24.3 Å². The third kappa shape index (κ3) is 4.11. The van der Waals surface area contributed by atoms with Crippen LogP contribution in [0.5, 0.6) is 5.75 Å². The normalized spacial score (nSPS) is 11.6. The molecule has 2 rings (SSSR count). The number of methoxy groups -OCH3 is 1. The molecule has 1 aromatic carbocycles. The average molecular weight is 294 g/mol. The van der Waals surface area contributed by atoms with Crippen LogP contribution in [-0.4, -0.2) is 30.8 Å². The van der Waals surface area contributed by atoms with Crippen LogP contribution in [0.25, 0.3) is 11.5 Å². The molecule has 0 aliphatic heterocycles. The van der Waals surface area contributed by atoms with Gasteiger partial charge in [0.15, 0.2) is 0 Å². The van der Waals surface area contributed by atoms with Crippen LogP contribution in [0, 0.1) is 0 Å². The third-order valence-electron chi connectivity index (χ3n) is 2.37. The fourth-order valence-corrected chi connectivity index (χ4v) is 3.86. The van der Waals surface area contributed by atoms with Gasteiger partial charge < -0.3 is 9.15 Å². The summed E-state index contributed by atoms with van der Waals surface area (Å²) in [6.07, 6.45) is 0. The lowest BCUT2D eigenvalue weighted by Gasteiger charge is -2.12. The molecule has 0 radical (unpaired) electrons. The Morgan fingerprint density at radius 2 is 1.84 bits per heavy atom. The first kappa shape index (κ1) is 14.1. The number of benzene rings is 1. The molecule has 0 aliphatic rings. The van der Waals surface area contributed by atoms with Gasteiger partial charge in [-0.15, -0.1) is 10.2 Å². The molecule has 0 N–H and O–H groups in total. The van der Waals surface area contributed by atoms with Crippen LogP contribution in [0.2, 0.25) is 19.6 Å². The first-order chi connectivity index (χ1) is 8.98. The maximum Gasteiger partial charge on any atom is 0.276 e. The predicted octanol–water partition coefficient (Wildman–Crippen LogP) is 3.71. The number of nitrogens with zero attached hydrogens (tertiary/aromatic N) is 2. The van der Waals surface area contributed by atoms with Crippen LogP contribution in [-0.2, 0) is 0 Å². The van der Waals surface area contributed by atoms with Gasteiger partial charge in [0.2, 0.25) is 5.89 Å². The summed E-state index contributed by atoms with van der Waals surface area (Å²) >= 11 is 1.65. The van der Waals surface area contributed by atoms with E-state index in [1.165, 1.54) is 0 Å². The zero-order valence-electron chi connectivity index (χ0n) is 11.6. The molecule has 0 spiro atoms. The smallest absolute Gasteiger partial charge is 0.276 e. The predicted molar refractivity (Wildman–Crippen MR) is 80.4 cm³/mol. The molecule has 0 aliphatic carbocycles. The maximum absolute atomic E-state index is 5.66. The van der Waals surface area contributed by atoms with Gasteiger partial charge in [0.1, 0.15) is 5.75 Å². The van der Waals surface area contributed by atoms with Crippen LogP contribution in [0.3, 0.4) is 0 Å². The highest BCUT2D eigenvalue weighted by molar-refractivity contribution is 8.00. The monoisotopic (exact) mass is 294 g/mol. The van der Waals surface area contributed by atoms with Crippen LogP contribution in [0.4, 0.5) is 0 Å². The van der Waals surface area contributed by atoms with Crippen molar-refractivity contribution in [3.8, 4) is 17.2 Å². The molecule has 102 valence electrons. The summed E-state index contributed by atoms with van der Waals surface area (Å²) in [5, 5.41) is 9.88. The molecule has 0 fully saturated rings. The zero-order valence-corrected chi connectivity index (χ0v) is 13.5. The molecule has 1 heterocycles. The van der Waals surface area contributed by atoms with E-state index in [9.17, 15) is 0 Å². The van der Waals surface area contributed by atoms with Crippen molar-refractivity contribution in [2.75, 3.05) is 12.5 Å². The summed E-state index contributed by atoms with van der Waals surface area (Å²) in [6.45, 7) is 6.96. The topological polar surface area (TPSA) is 48.2 Å². The Kier molecular flexibility index (Phi) is 4.31. The molecular weight excluding hydrogens is 276 g/mol. The van der Waals surface area contributed by atoms with Gasteiger partial charge in [0, 0.05) is 5.56 Å². The van der Waals surface area contributed by atoms with E-state index < -0.39 is 8.07 Å². The van der Waals surface area contributed by atoms with Gasteiger partial charge in [-0.25, -0.2) is 0 Å². The van der Waals surface area contributed by atoms with Crippen LogP contribution < -0.4 is 4.74 Å². The lowest BCUT2D eigenvalue weighted by atomic mass is 10.2. The number of hydrogen-bond acceptors (Lipinski definition) is 5. The number of ether oxygens (including phenoxy) is 1. The minimum Gasteiger partial charge on any atom is -0.497 e. The Hall–Kier alpha value is -1.27. The van der Waals surface area contributed by atoms with Crippen molar-refractivity contribution in [1.82, 2.24) is 10.2 Å². The molecule has 6 heteroatoms. The lowest BCUT2D eigenvalue weighted by molar-refractivity contribution is 0.414. The van der Waals surface area contributed by atoms with Gasteiger partial charge in [0.25, 0.3) is 5.22 Å². The molecule has 0 atom stereocenters. The molecule has 4 nitrogen and oxygen atoms in total. The second kappa shape index (κ2) is 5.79. The van der Waals surface area contributed by atoms with Crippen molar-refractivity contribution < 1.29 is 9.15 Å². The van der Waals surface area contributed by atoms with Gasteiger partial charge >= 0.3 is 0 Å². The highest BCUT2D eigenvalue weighted by Crippen LogP contribution is 2.26. The van der Waals surface area contributed by atoms with Crippen molar-refractivity contribution >= 4 is 19.8 Å². The van der Waals surface area contributed by atoms with E-state index in [0.29, 0.717) is 11.1 Å². The quantitative estimate of drug-likeness (QED) is 0.621. The molecule has 0 bridgehead atoms. The van der Waals surface area contributed by atoms with Crippen molar-refractivity contribution in [3.05, 3.63) is 24.3 Å². The van der Waals surface area contributed by atoms with Crippen molar-refractivity contribution in [2.24, 2.45) is 0 Å². The molecule has 0 saturated carbocycles. The largest absolute Gasteiger partial charge is 0.497 e. The summed E-state index contributed by atoms with van der Waals surface area (Å²) in [5.74, 6) is 1.37. The number of rotatable bonds is 5. The number of hydrogen-bond donors (Lipinski definition) is 0.